The molecular weight excluding hydrogens is 280 g/mol. The number of sulfone groups is 1. The van der Waals surface area contributed by atoms with Crippen molar-refractivity contribution >= 4 is 15.8 Å². The van der Waals surface area contributed by atoms with Gasteiger partial charge in [0.2, 0.25) is 0 Å². The van der Waals surface area contributed by atoms with E-state index in [0.29, 0.717) is 11.3 Å². The van der Waals surface area contributed by atoms with Gasteiger partial charge in [-0.3, -0.25) is 4.68 Å². The molecule has 6 nitrogen and oxygen atoms in total. The second kappa shape index (κ2) is 5.46. The Morgan fingerprint density at radius 3 is 2.50 bits per heavy atom. The summed E-state index contributed by atoms with van der Waals surface area (Å²) in [6.07, 6.45) is 2.38. The molecule has 0 atom stereocenters. The van der Waals surface area contributed by atoms with Crippen molar-refractivity contribution in [1.29, 1.82) is 0 Å². The topological polar surface area (TPSA) is 89.3 Å². The van der Waals surface area contributed by atoms with E-state index in [2.05, 4.69) is 5.10 Å². The lowest BCUT2D eigenvalue weighted by Gasteiger charge is -2.08. The maximum Gasteiger partial charge on any atom is 0.339 e. The minimum Gasteiger partial charge on any atom is -0.478 e. The molecular formula is C13H14N2O4S. The molecule has 0 spiro atoms. The van der Waals surface area contributed by atoms with Gasteiger partial charge in [-0.1, -0.05) is 30.3 Å². The van der Waals surface area contributed by atoms with Gasteiger partial charge in [0.05, 0.1) is 24.2 Å². The standard InChI is InChI=1S/C13H14N2O4S/c1-20(18,19)8-7-15-12(10-5-3-2-4-6-10)11(9-14-15)13(16)17/h2-6,9H,7-8H2,1H3,(H,16,17). The smallest absolute Gasteiger partial charge is 0.339 e. The zero-order chi connectivity index (χ0) is 14.8. The predicted octanol–water partition coefficient (Wildman–Crippen LogP) is 1.29. The SMILES string of the molecule is CS(=O)(=O)CCn1ncc(C(=O)O)c1-c1ccccc1. The van der Waals surface area contributed by atoms with Crippen molar-refractivity contribution in [2.24, 2.45) is 0 Å². The highest BCUT2D eigenvalue weighted by atomic mass is 32.2. The molecule has 1 heterocycles. The Bertz CT molecular complexity index is 720. The summed E-state index contributed by atoms with van der Waals surface area (Å²) in [7, 11) is -3.14. The number of aromatic nitrogens is 2. The molecule has 0 unspecified atom stereocenters. The van der Waals surface area contributed by atoms with Crippen LogP contribution in [0.1, 0.15) is 10.4 Å². The highest BCUT2D eigenvalue weighted by Gasteiger charge is 2.18. The van der Waals surface area contributed by atoms with E-state index >= 15 is 0 Å². The maximum atomic E-state index is 11.2. The van der Waals surface area contributed by atoms with Gasteiger partial charge in [0.1, 0.15) is 15.4 Å². The van der Waals surface area contributed by atoms with Gasteiger partial charge in [0.25, 0.3) is 0 Å². The van der Waals surface area contributed by atoms with Crippen LogP contribution in [0.4, 0.5) is 0 Å². The van der Waals surface area contributed by atoms with Crippen molar-refractivity contribution in [1.82, 2.24) is 9.78 Å². The Balaban J connectivity index is 2.46. The summed E-state index contributed by atoms with van der Waals surface area (Å²) in [5, 5.41) is 13.2. The molecule has 1 aromatic carbocycles. The second-order valence-electron chi connectivity index (χ2n) is 4.43. The maximum absolute atomic E-state index is 11.2. The van der Waals surface area contributed by atoms with Gasteiger partial charge in [-0.2, -0.15) is 5.10 Å². The van der Waals surface area contributed by atoms with Gasteiger partial charge in [-0.05, 0) is 0 Å². The van der Waals surface area contributed by atoms with Crippen LogP contribution in [0.3, 0.4) is 0 Å². The van der Waals surface area contributed by atoms with E-state index in [-0.39, 0.29) is 17.9 Å². The highest BCUT2D eigenvalue weighted by molar-refractivity contribution is 7.90. The third-order valence-electron chi connectivity index (χ3n) is 2.79. The first-order chi connectivity index (χ1) is 9.38. The summed E-state index contributed by atoms with van der Waals surface area (Å²) in [4.78, 5) is 11.2. The van der Waals surface area contributed by atoms with Crippen LogP contribution in [-0.4, -0.2) is 41.3 Å². The largest absolute Gasteiger partial charge is 0.478 e. The fraction of sp³-hybridized carbons (Fsp3) is 0.231. The van der Waals surface area contributed by atoms with Gasteiger partial charge in [0.15, 0.2) is 0 Å². The number of hydrogen-bond donors (Lipinski definition) is 1. The fourth-order valence-corrected chi connectivity index (χ4v) is 2.37. The van der Waals surface area contributed by atoms with Gasteiger partial charge in [-0.15, -0.1) is 0 Å². The van der Waals surface area contributed by atoms with Crippen LogP contribution in [0.25, 0.3) is 11.3 Å². The number of aryl methyl sites for hydroxylation is 1. The molecule has 0 bridgehead atoms. The minimum atomic E-state index is -3.14. The molecule has 7 heteroatoms. The van der Waals surface area contributed by atoms with Gasteiger partial charge in [0, 0.05) is 11.8 Å². The van der Waals surface area contributed by atoms with E-state index in [9.17, 15) is 18.3 Å². The van der Waals surface area contributed by atoms with Gasteiger partial charge >= 0.3 is 5.97 Å². The lowest BCUT2D eigenvalue weighted by Crippen LogP contribution is -2.13. The molecule has 0 saturated heterocycles. The quantitative estimate of drug-likeness (QED) is 0.897. The summed E-state index contributed by atoms with van der Waals surface area (Å²) in [6, 6.07) is 8.92. The Morgan fingerprint density at radius 1 is 1.30 bits per heavy atom. The van der Waals surface area contributed by atoms with Crippen molar-refractivity contribution in [2.45, 2.75) is 6.54 Å². The van der Waals surface area contributed by atoms with E-state index < -0.39 is 15.8 Å². The Labute approximate surface area is 116 Å². The van der Waals surface area contributed by atoms with Crippen LogP contribution in [0.5, 0.6) is 0 Å². The van der Waals surface area contributed by atoms with Crippen LogP contribution in [-0.2, 0) is 16.4 Å². The normalized spacial score (nSPS) is 11.4. The van der Waals surface area contributed by atoms with E-state index in [1.807, 2.05) is 6.07 Å². The molecule has 1 aromatic heterocycles. The summed E-state index contributed by atoms with van der Waals surface area (Å²) in [6.45, 7) is 0.121. The molecule has 2 aromatic rings. The number of rotatable bonds is 5. The third kappa shape index (κ3) is 3.24. The van der Waals surface area contributed by atoms with Crippen LogP contribution in [0, 0.1) is 0 Å². The number of carboxylic acid groups (broad SMARTS) is 1. The molecule has 0 aliphatic heterocycles. The highest BCUT2D eigenvalue weighted by Crippen LogP contribution is 2.23. The average Bonchev–Trinajstić information content (AvgIpc) is 2.80. The molecule has 0 saturated carbocycles. The molecule has 1 N–H and O–H groups in total. The molecule has 0 aliphatic rings. The summed E-state index contributed by atoms with van der Waals surface area (Å²) in [5.74, 6) is -1.18. The lowest BCUT2D eigenvalue weighted by atomic mass is 10.1. The molecule has 106 valence electrons. The number of carboxylic acids is 1. The zero-order valence-corrected chi connectivity index (χ0v) is 11.7. The van der Waals surface area contributed by atoms with Crippen LogP contribution in [0.2, 0.25) is 0 Å². The molecule has 2 rings (SSSR count). The molecule has 20 heavy (non-hydrogen) atoms. The zero-order valence-electron chi connectivity index (χ0n) is 10.9. The molecule has 0 amide bonds. The van der Waals surface area contributed by atoms with Crippen LogP contribution < -0.4 is 0 Å². The van der Waals surface area contributed by atoms with Crippen molar-refractivity contribution < 1.29 is 18.3 Å². The number of aromatic carboxylic acids is 1. The Kier molecular flexibility index (Phi) is 3.89. The number of hydrogen-bond acceptors (Lipinski definition) is 4. The first kappa shape index (κ1) is 14.3. The van der Waals surface area contributed by atoms with Crippen molar-refractivity contribution in [3.8, 4) is 11.3 Å². The monoisotopic (exact) mass is 294 g/mol. The summed E-state index contributed by atoms with van der Waals surface area (Å²) in [5.41, 5.74) is 1.17. The Hall–Kier alpha value is -2.15. The minimum absolute atomic E-state index is 0.0599. The summed E-state index contributed by atoms with van der Waals surface area (Å²) < 4.78 is 23.9. The third-order valence-corrected chi connectivity index (χ3v) is 3.72. The lowest BCUT2D eigenvalue weighted by molar-refractivity contribution is 0.0697. The second-order valence-corrected chi connectivity index (χ2v) is 6.69. The van der Waals surface area contributed by atoms with E-state index in [4.69, 9.17) is 0 Å². The number of carbonyl (C=O) groups is 1. The number of benzene rings is 1. The van der Waals surface area contributed by atoms with Crippen LogP contribution >= 0.6 is 0 Å². The van der Waals surface area contributed by atoms with E-state index in [1.165, 1.54) is 10.9 Å². The molecule has 0 aliphatic carbocycles. The van der Waals surface area contributed by atoms with Gasteiger partial charge in [-0.25, -0.2) is 13.2 Å². The Morgan fingerprint density at radius 2 is 1.95 bits per heavy atom. The average molecular weight is 294 g/mol. The molecule has 0 radical (unpaired) electrons. The van der Waals surface area contributed by atoms with Crippen molar-refractivity contribution in [3.63, 3.8) is 0 Å². The predicted molar refractivity (Wildman–Crippen MR) is 74.3 cm³/mol. The van der Waals surface area contributed by atoms with E-state index in [0.717, 1.165) is 6.26 Å². The van der Waals surface area contributed by atoms with Gasteiger partial charge < -0.3 is 5.11 Å². The molecule has 0 fully saturated rings. The summed E-state index contributed by atoms with van der Waals surface area (Å²) >= 11 is 0. The van der Waals surface area contributed by atoms with Crippen LogP contribution in [0.15, 0.2) is 36.5 Å². The fourth-order valence-electron chi connectivity index (χ4n) is 1.86. The number of nitrogens with zero attached hydrogens (tertiary/aromatic N) is 2. The first-order valence-electron chi connectivity index (χ1n) is 5.91. The van der Waals surface area contributed by atoms with E-state index in [1.54, 1.807) is 24.3 Å². The first-order valence-corrected chi connectivity index (χ1v) is 7.97. The van der Waals surface area contributed by atoms with Crippen molar-refractivity contribution in [2.75, 3.05) is 12.0 Å². The van der Waals surface area contributed by atoms with Crippen molar-refractivity contribution in [3.05, 3.63) is 42.1 Å².